The summed E-state index contributed by atoms with van der Waals surface area (Å²) in [7, 11) is 0. The number of ether oxygens (including phenoxy) is 1. The molecule has 0 radical (unpaired) electrons. The van der Waals surface area contributed by atoms with Crippen LogP contribution in [0.3, 0.4) is 0 Å². The molecule has 0 aliphatic carbocycles. The molecule has 1 fully saturated rings. The fraction of sp³-hybridized carbons (Fsp3) is 0.393. The lowest BCUT2D eigenvalue weighted by Crippen LogP contribution is -2.61. The van der Waals surface area contributed by atoms with Crippen molar-refractivity contribution in [3.05, 3.63) is 70.5 Å². The highest BCUT2D eigenvalue weighted by Crippen LogP contribution is 2.33. The summed E-state index contributed by atoms with van der Waals surface area (Å²) in [5, 5.41) is 13.3. The molecule has 208 valence electrons. The van der Waals surface area contributed by atoms with Gasteiger partial charge in [-0.3, -0.25) is 9.59 Å². The summed E-state index contributed by atoms with van der Waals surface area (Å²) in [6.07, 6.45) is 2.05. The van der Waals surface area contributed by atoms with E-state index in [-0.39, 0.29) is 43.5 Å². The number of piperazine rings is 1. The SMILES string of the molecule is NC(=O)CCCC(=O)N1CC2CC(c3ccc(CCCOc4c(F)ccc(F)c4F)cc3)=C(C(=O)O)C(C1)N2. The highest BCUT2D eigenvalue weighted by Gasteiger charge is 2.39. The lowest BCUT2D eigenvalue weighted by atomic mass is 9.83. The van der Waals surface area contributed by atoms with E-state index < -0.39 is 41.1 Å². The first-order valence-electron chi connectivity index (χ1n) is 12.8. The van der Waals surface area contributed by atoms with Crippen molar-refractivity contribution < 1.29 is 37.4 Å². The van der Waals surface area contributed by atoms with Crippen LogP contribution in [0.2, 0.25) is 0 Å². The molecule has 2 amide bonds. The molecule has 0 aromatic heterocycles. The molecule has 2 bridgehead atoms. The summed E-state index contributed by atoms with van der Waals surface area (Å²) >= 11 is 0. The van der Waals surface area contributed by atoms with E-state index >= 15 is 0 Å². The minimum absolute atomic E-state index is 0.0138. The molecule has 39 heavy (non-hydrogen) atoms. The Labute approximate surface area is 223 Å². The summed E-state index contributed by atoms with van der Waals surface area (Å²) in [5.41, 5.74) is 7.77. The maximum Gasteiger partial charge on any atom is 0.333 e. The molecule has 2 unspecified atom stereocenters. The predicted molar refractivity (Wildman–Crippen MR) is 136 cm³/mol. The third-order valence-corrected chi connectivity index (χ3v) is 6.96. The largest absolute Gasteiger partial charge is 0.488 e. The number of carboxylic acids is 1. The van der Waals surface area contributed by atoms with Crippen LogP contribution in [0.1, 0.15) is 43.2 Å². The monoisotopic (exact) mass is 545 g/mol. The first kappa shape index (κ1) is 28.2. The van der Waals surface area contributed by atoms with E-state index in [1.807, 2.05) is 24.3 Å². The van der Waals surface area contributed by atoms with Gasteiger partial charge in [0.25, 0.3) is 0 Å². The summed E-state index contributed by atoms with van der Waals surface area (Å²) in [6.45, 7) is 0.647. The van der Waals surface area contributed by atoms with Crippen LogP contribution in [0.25, 0.3) is 5.57 Å². The zero-order chi connectivity index (χ0) is 28.1. The van der Waals surface area contributed by atoms with E-state index in [9.17, 15) is 32.7 Å². The van der Waals surface area contributed by atoms with Gasteiger partial charge in [0.2, 0.25) is 17.6 Å². The number of amides is 2. The van der Waals surface area contributed by atoms with Crippen molar-refractivity contribution in [1.29, 1.82) is 0 Å². The maximum absolute atomic E-state index is 13.7. The number of aliphatic carboxylic acids is 1. The van der Waals surface area contributed by atoms with E-state index in [4.69, 9.17) is 10.5 Å². The Bertz CT molecular complexity index is 1280. The van der Waals surface area contributed by atoms with Crippen LogP contribution in [0.15, 0.2) is 42.0 Å². The Kier molecular flexibility index (Phi) is 8.90. The van der Waals surface area contributed by atoms with Crippen LogP contribution in [-0.2, 0) is 20.8 Å². The second kappa shape index (κ2) is 12.3. The molecule has 0 saturated carbocycles. The normalized spacial score (nSPS) is 18.7. The number of nitrogens with two attached hydrogens (primary N) is 1. The van der Waals surface area contributed by atoms with Crippen molar-refractivity contribution in [3.63, 3.8) is 0 Å². The van der Waals surface area contributed by atoms with Crippen molar-refractivity contribution in [3.8, 4) is 5.75 Å². The maximum atomic E-state index is 13.7. The van der Waals surface area contributed by atoms with Crippen molar-refractivity contribution in [2.75, 3.05) is 19.7 Å². The van der Waals surface area contributed by atoms with Crippen LogP contribution < -0.4 is 15.8 Å². The predicted octanol–water partition coefficient (Wildman–Crippen LogP) is 3.18. The second-order valence-electron chi connectivity index (χ2n) is 9.76. The van der Waals surface area contributed by atoms with Crippen LogP contribution in [0.5, 0.6) is 5.75 Å². The molecule has 11 heteroatoms. The van der Waals surface area contributed by atoms with Gasteiger partial charge in [0, 0.05) is 32.0 Å². The van der Waals surface area contributed by atoms with Crippen LogP contribution in [0.4, 0.5) is 13.2 Å². The quantitative estimate of drug-likeness (QED) is 0.295. The molecule has 8 nitrogen and oxygen atoms in total. The Morgan fingerprint density at radius 1 is 1.00 bits per heavy atom. The number of fused-ring (bicyclic) bond motifs is 2. The van der Waals surface area contributed by atoms with Gasteiger partial charge in [-0.15, -0.1) is 0 Å². The second-order valence-corrected chi connectivity index (χ2v) is 9.76. The van der Waals surface area contributed by atoms with E-state index in [0.29, 0.717) is 43.9 Å². The third kappa shape index (κ3) is 6.78. The van der Waals surface area contributed by atoms with E-state index in [1.54, 1.807) is 4.90 Å². The number of carboxylic acid groups (broad SMARTS) is 1. The molecular weight excluding hydrogens is 515 g/mol. The third-order valence-electron chi connectivity index (χ3n) is 6.96. The number of carbonyl (C=O) groups excluding carboxylic acids is 2. The van der Waals surface area contributed by atoms with Crippen LogP contribution in [0, 0.1) is 17.5 Å². The smallest absolute Gasteiger partial charge is 0.333 e. The average Bonchev–Trinajstić information content (AvgIpc) is 2.89. The van der Waals surface area contributed by atoms with E-state index in [2.05, 4.69) is 5.32 Å². The molecule has 2 aliphatic heterocycles. The first-order valence-corrected chi connectivity index (χ1v) is 12.8. The van der Waals surface area contributed by atoms with E-state index in [0.717, 1.165) is 17.2 Å². The zero-order valence-corrected chi connectivity index (χ0v) is 21.2. The van der Waals surface area contributed by atoms with Gasteiger partial charge in [-0.25, -0.2) is 13.6 Å². The number of primary amides is 1. The Balaban J connectivity index is 1.38. The fourth-order valence-electron chi connectivity index (χ4n) is 5.11. The number of nitrogens with one attached hydrogen (secondary N) is 1. The fourth-order valence-corrected chi connectivity index (χ4v) is 5.11. The van der Waals surface area contributed by atoms with Gasteiger partial charge >= 0.3 is 5.97 Å². The molecule has 0 spiro atoms. The Hall–Kier alpha value is -3.86. The Morgan fingerprint density at radius 2 is 1.72 bits per heavy atom. The van der Waals surface area contributed by atoms with Gasteiger partial charge in [-0.05, 0) is 54.5 Å². The topological polar surface area (TPSA) is 122 Å². The zero-order valence-electron chi connectivity index (χ0n) is 21.2. The molecule has 2 aromatic carbocycles. The standard InChI is InChI=1S/C28H30F3N3O5/c29-20-10-11-21(30)27(26(20)31)39-12-2-3-16-6-8-17(9-7-16)19-13-18-14-34(24(36)5-1-4-23(32)35)15-22(33-18)25(19)28(37)38/h6-11,18,22,33H,1-5,12-15H2,(H2,32,35)(H,37,38). The Morgan fingerprint density at radius 3 is 2.41 bits per heavy atom. The number of rotatable bonds is 11. The molecule has 4 N–H and O–H groups in total. The number of benzene rings is 2. The van der Waals surface area contributed by atoms with Gasteiger partial charge in [0.05, 0.1) is 18.2 Å². The molecule has 4 rings (SSSR count). The van der Waals surface area contributed by atoms with Gasteiger partial charge in [0.1, 0.15) is 0 Å². The number of aryl methyl sites for hydroxylation is 1. The summed E-state index contributed by atoms with van der Waals surface area (Å²) in [4.78, 5) is 37.5. The highest BCUT2D eigenvalue weighted by molar-refractivity contribution is 5.98. The molecular formula is C28H30F3N3O5. The lowest BCUT2D eigenvalue weighted by Gasteiger charge is -2.43. The molecule has 2 aliphatic rings. The van der Waals surface area contributed by atoms with Crippen molar-refractivity contribution in [2.45, 2.75) is 50.6 Å². The summed E-state index contributed by atoms with van der Waals surface area (Å²) < 4.78 is 45.8. The number of nitrogens with zero attached hydrogens (tertiary/aromatic N) is 1. The van der Waals surface area contributed by atoms with Crippen LogP contribution >= 0.6 is 0 Å². The minimum atomic E-state index is -1.36. The molecule has 1 saturated heterocycles. The molecule has 2 heterocycles. The van der Waals surface area contributed by atoms with Crippen LogP contribution in [-0.4, -0.2) is 59.6 Å². The lowest BCUT2D eigenvalue weighted by molar-refractivity contribution is -0.136. The summed E-state index contributed by atoms with van der Waals surface area (Å²) in [6, 6.07) is 8.28. The summed E-state index contributed by atoms with van der Waals surface area (Å²) in [5.74, 6) is -5.89. The first-order chi connectivity index (χ1) is 18.6. The highest BCUT2D eigenvalue weighted by atomic mass is 19.2. The van der Waals surface area contributed by atoms with Crippen molar-refractivity contribution in [2.24, 2.45) is 5.73 Å². The molecule has 2 atom stereocenters. The average molecular weight is 546 g/mol. The van der Waals surface area contributed by atoms with Crippen molar-refractivity contribution in [1.82, 2.24) is 10.2 Å². The number of carbonyl (C=O) groups is 3. The van der Waals surface area contributed by atoms with Gasteiger partial charge in [0.15, 0.2) is 17.4 Å². The number of hydrogen-bond donors (Lipinski definition) is 3. The number of halogens is 3. The van der Waals surface area contributed by atoms with Gasteiger partial charge in [-0.2, -0.15) is 4.39 Å². The number of hydrogen-bond acceptors (Lipinski definition) is 5. The van der Waals surface area contributed by atoms with Crippen molar-refractivity contribution >= 4 is 23.4 Å². The van der Waals surface area contributed by atoms with Gasteiger partial charge < -0.3 is 25.8 Å². The van der Waals surface area contributed by atoms with E-state index in [1.165, 1.54) is 0 Å². The molecule has 2 aromatic rings. The van der Waals surface area contributed by atoms with Gasteiger partial charge in [-0.1, -0.05) is 24.3 Å². The minimum Gasteiger partial charge on any atom is -0.488 e.